The Hall–Kier alpha value is -2.12. The first-order valence-electron chi connectivity index (χ1n) is 7.27. The standard InChI is InChI=1S/C16H18N2O4S/c1-12-8-13(9-16(19)17(12)2)22-14-10-18(11-14)23(20,21)15-6-4-3-5-7-15/h3-9,14H,10-11H2,1-2H3. The molecule has 2 heterocycles. The highest BCUT2D eigenvalue weighted by molar-refractivity contribution is 7.89. The molecule has 1 fully saturated rings. The summed E-state index contributed by atoms with van der Waals surface area (Å²) < 4.78 is 33.4. The Morgan fingerprint density at radius 1 is 1.13 bits per heavy atom. The van der Waals surface area contributed by atoms with Crippen LogP contribution in [0.25, 0.3) is 0 Å². The third kappa shape index (κ3) is 3.02. The van der Waals surface area contributed by atoms with Gasteiger partial charge in [-0.05, 0) is 25.1 Å². The van der Waals surface area contributed by atoms with E-state index < -0.39 is 10.0 Å². The number of hydrogen-bond acceptors (Lipinski definition) is 4. The second-order valence-electron chi connectivity index (χ2n) is 5.60. The molecule has 3 rings (SSSR count). The largest absolute Gasteiger partial charge is 0.487 e. The third-order valence-electron chi connectivity index (χ3n) is 3.97. The van der Waals surface area contributed by atoms with E-state index in [0.717, 1.165) is 5.69 Å². The second kappa shape index (κ2) is 5.82. The van der Waals surface area contributed by atoms with Gasteiger partial charge in [0.15, 0.2) is 0 Å². The van der Waals surface area contributed by atoms with Gasteiger partial charge in [-0.1, -0.05) is 18.2 Å². The van der Waals surface area contributed by atoms with Crippen LogP contribution in [0.4, 0.5) is 0 Å². The summed E-state index contributed by atoms with van der Waals surface area (Å²) in [5.41, 5.74) is 0.647. The fourth-order valence-corrected chi connectivity index (χ4v) is 3.93. The van der Waals surface area contributed by atoms with E-state index in [4.69, 9.17) is 4.74 Å². The maximum atomic E-state index is 12.4. The molecule has 0 N–H and O–H groups in total. The molecule has 1 aromatic carbocycles. The molecule has 7 heteroatoms. The number of rotatable bonds is 4. The van der Waals surface area contributed by atoms with Crippen molar-refractivity contribution in [2.75, 3.05) is 13.1 Å². The van der Waals surface area contributed by atoms with E-state index >= 15 is 0 Å². The molecule has 0 unspecified atom stereocenters. The van der Waals surface area contributed by atoms with Crippen molar-refractivity contribution in [1.82, 2.24) is 8.87 Å². The molecule has 1 aromatic heterocycles. The van der Waals surface area contributed by atoms with Crippen LogP contribution in [0.1, 0.15) is 5.69 Å². The van der Waals surface area contributed by atoms with Gasteiger partial charge in [-0.15, -0.1) is 0 Å². The zero-order valence-electron chi connectivity index (χ0n) is 13.0. The Balaban J connectivity index is 1.67. The molecule has 122 valence electrons. The first-order chi connectivity index (χ1) is 10.9. The van der Waals surface area contributed by atoms with Gasteiger partial charge in [0.25, 0.3) is 5.56 Å². The molecule has 0 bridgehead atoms. The molecule has 0 amide bonds. The minimum absolute atomic E-state index is 0.145. The third-order valence-corrected chi connectivity index (χ3v) is 5.82. The average Bonchev–Trinajstić information content (AvgIpc) is 2.48. The summed E-state index contributed by atoms with van der Waals surface area (Å²) in [5, 5.41) is 0. The number of aromatic nitrogens is 1. The molecule has 0 saturated carbocycles. The Morgan fingerprint density at radius 3 is 2.39 bits per heavy atom. The lowest BCUT2D eigenvalue weighted by molar-refractivity contribution is 0.0759. The van der Waals surface area contributed by atoms with Crippen LogP contribution in [0.2, 0.25) is 0 Å². The monoisotopic (exact) mass is 334 g/mol. The summed E-state index contributed by atoms with van der Waals surface area (Å²) in [5.74, 6) is 0.479. The number of ether oxygens (including phenoxy) is 1. The number of nitrogens with zero attached hydrogens (tertiary/aromatic N) is 2. The molecule has 1 aliphatic rings. The van der Waals surface area contributed by atoms with Gasteiger partial charge in [0, 0.05) is 18.8 Å². The van der Waals surface area contributed by atoms with Crippen LogP contribution in [0.15, 0.2) is 52.2 Å². The molecule has 2 aromatic rings. The number of aryl methyl sites for hydroxylation is 1. The van der Waals surface area contributed by atoms with Crippen molar-refractivity contribution in [3.05, 3.63) is 58.5 Å². The lowest BCUT2D eigenvalue weighted by Gasteiger charge is -2.37. The van der Waals surface area contributed by atoms with Crippen molar-refractivity contribution in [2.45, 2.75) is 17.9 Å². The maximum absolute atomic E-state index is 12.4. The lowest BCUT2D eigenvalue weighted by Crippen LogP contribution is -2.56. The van der Waals surface area contributed by atoms with Gasteiger partial charge >= 0.3 is 0 Å². The lowest BCUT2D eigenvalue weighted by atomic mass is 10.2. The topological polar surface area (TPSA) is 68.6 Å². The number of sulfonamides is 1. The van der Waals surface area contributed by atoms with Crippen LogP contribution >= 0.6 is 0 Å². The van der Waals surface area contributed by atoms with Gasteiger partial charge in [0.2, 0.25) is 10.0 Å². The van der Waals surface area contributed by atoms with Gasteiger partial charge < -0.3 is 9.30 Å². The van der Waals surface area contributed by atoms with Gasteiger partial charge in [-0.2, -0.15) is 4.31 Å². The Morgan fingerprint density at radius 2 is 1.78 bits per heavy atom. The van der Waals surface area contributed by atoms with Crippen LogP contribution < -0.4 is 10.3 Å². The molecule has 1 saturated heterocycles. The van der Waals surface area contributed by atoms with E-state index in [1.165, 1.54) is 14.9 Å². The van der Waals surface area contributed by atoms with E-state index in [2.05, 4.69) is 0 Å². The highest BCUT2D eigenvalue weighted by atomic mass is 32.2. The molecule has 0 radical (unpaired) electrons. The average molecular weight is 334 g/mol. The minimum atomic E-state index is -3.46. The van der Waals surface area contributed by atoms with Crippen molar-refractivity contribution < 1.29 is 13.2 Å². The van der Waals surface area contributed by atoms with Gasteiger partial charge in [-0.3, -0.25) is 4.79 Å². The van der Waals surface area contributed by atoms with Crippen LogP contribution in [-0.2, 0) is 17.1 Å². The van der Waals surface area contributed by atoms with Crippen LogP contribution in [-0.4, -0.2) is 36.5 Å². The number of hydrogen-bond donors (Lipinski definition) is 0. The predicted octanol–water partition coefficient (Wildman–Crippen LogP) is 1.15. The Kier molecular flexibility index (Phi) is 3.99. The fraction of sp³-hybridized carbons (Fsp3) is 0.312. The van der Waals surface area contributed by atoms with Crippen molar-refractivity contribution in [3.8, 4) is 5.75 Å². The summed E-state index contributed by atoms with van der Waals surface area (Å²) in [6, 6.07) is 11.5. The van der Waals surface area contributed by atoms with Crippen molar-refractivity contribution >= 4 is 10.0 Å². The van der Waals surface area contributed by atoms with Crippen molar-refractivity contribution in [3.63, 3.8) is 0 Å². The SMILES string of the molecule is Cc1cc(OC2CN(S(=O)(=O)c3ccccc3)C2)cc(=O)n1C. The second-order valence-corrected chi connectivity index (χ2v) is 7.54. The number of benzene rings is 1. The van der Waals surface area contributed by atoms with E-state index in [9.17, 15) is 13.2 Å². The highest BCUT2D eigenvalue weighted by Crippen LogP contribution is 2.24. The van der Waals surface area contributed by atoms with E-state index in [1.54, 1.807) is 43.4 Å². The van der Waals surface area contributed by atoms with Crippen LogP contribution in [0, 0.1) is 6.92 Å². The number of pyridine rings is 1. The van der Waals surface area contributed by atoms with Gasteiger partial charge in [0.1, 0.15) is 11.9 Å². The zero-order valence-corrected chi connectivity index (χ0v) is 13.8. The molecular weight excluding hydrogens is 316 g/mol. The first-order valence-corrected chi connectivity index (χ1v) is 8.71. The van der Waals surface area contributed by atoms with Gasteiger partial charge in [-0.25, -0.2) is 8.42 Å². The fourth-order valence-electron chi connectivity index (χ4n) is 2.41. The molecule has 6 nitrogen and oxygen atoms in total. The predicted molar refractivity (Wildman–Crippen MR) is 86.0 cm³/mol. The quantitative estimate of drug-likeness (QED) is 0.841. The van der Waals surface area contributed by atoms with E-state index in [0.29, 0.717) is 5.75 Å². The molecule has 23 heavy (non-hydrogen) atoms. The maximum Gasteiger partial charge on any atom is 0.254 e. The van der Waals surface area contributed by atoms with Crippen molar-refractivity contribution in [1.29, 1.82) is 0 Å². The summed E-state index contributed by atoms with van der Waals surface area (Å²) >= 11 is 0. The summed E-state index contributed by atoms with van der Waals surface area (Å²) in [4.78, 5) is 12.0. The van der Waals surface area contributed by atoms with Gasteiger partial charge in [0.05, 0.1) is 18.0 Å². The summed E-state index contributed by atoms with van der Waals surface area (Å²) in [6.07, 6.45) is -0.236. The molecular formula is C16H18N2O4S. The van der Waals surface area contributed by atoms with Crippen molar-refractivity contribution in [2.24, 2.45) is 7.05 Å². The Bertz CT molecular complexity index is 869. The summed E-state index contributed by atoms with van der Waals surface area (Å²) in [7, 11) is -1.77. The Labute approximate surface area is 135 Å². The minimum Gasteiger partial charge on any atom is -0.487 e. The van der Waals surface area contributed by atoms with E-state index in [-0.39, 0.29) is 29.6 Å². The molecule has 1 aliphatic heterocycles. The molecule has 0 spiro atoms. The first kappa shape index (κ1) is 15.8. The summed E-state index contributed by atoms with van der Waals surface area (Å²) in [6.45, 7) is 2.39. The zero-order chi connectivity index (χ0) is 16.6. The van der Waals surface area contributed by atoms with Crippen LogP contribution in [0.5, 0.6) is 5.75 Å². The van der Waals surface area contributed by atoms with E-state index in [1.807, 2.05) is 6.92 Å². The molecule has 0 atom stereocenters. The highest BCUT2D eigenvalue weighted by Gasteiger charge is 2.38. The molecule has 0 aliphatic carbocycles. The smallest absolute Gasteiger partial charge is 0.254 e. The normalized spacial score (nSPS) is 16.1. The van der Waals surface area contributed by atoms with Crippen LogP contribution in [0.3, 0.4) is 0 Å².